The Morgan fingerprint density at radius 1 is 1.45 bits per heavy atom. The van der Waals surface area contributed by atoms with Crippen molar-refractivity contribution in [2.24, 2.45) is 5.92 Å². The number of hydrogen-bond acceptors (Lipinski definition) is 2. The van der Waals surface area contributed by atoms with E-state index in [4.69, 9.17) is 11.6 Å². The van der Waals surface area contributed by atoms with Crippen molar-refractivity contribution in [3.05, 3.63) is 34.3 Å². The molecule has 1 aromatic carbocycles. The van der Waals surface area contributed by atoms with E-state index in [-0.39, 0.29) is 11.8 Å². The van der Waals surface area contributed by atoms with Gasteiger partial charge in [-0.15, -0.1) is 0 Å². The van der Waals surface area contributed by atoms with Crippen LogP contribution in [0.3, 0.4) is 0 Å². The number of likely N-dealkylation sites (tertiary alicyclic amines) is 1. The van der Waals surface area contributed by atoms with E-state index in [0.29, 0.717) is 36.1 Å². The van der Waals surface area contributed by atoms with E-state index >= 15 is 0 Å². The van der Waals surface area contributed by atoms with Gasteiger partial charge in [-0.05, 0) is 37.0 Å². The Balaban J connectivity index is 1.99. The van der Waals surface area contributed by atoms with Crippen LogP contribution in [0, 0.1) is 12.8 Å². The highest BCUT2D eigenvalue weighted by Crippen LogP contribution is 2.23. The third kappa shape index (κ3) is 3.51. The van der Waals surface area contributed by atoms with Crippen LogP contribution in [-0.2, 0) is 4.79 Å². The van der Waals surface area contributed by atoms with E-state index in [1.807, 2.05) is 17.9 Å². The van der Waals surface area contributed by atoms with Crippen molar-refractivity contribution >= 4 is 23.4 Å². The van der Waals surface area contributed by atoms with Crippen LogP contribution >= 0.6 is 11.6 Å². The average Bonchev–Trinajstić information content (AvgIpc) is 2.84. The molecule has 0 bridgehead atoms. The highest BCUT2D eigenvalue weighted by molar-refractivity contribution is 6.33. The normalized spacial score (nSPS) is 18.1. The Hall–Kier alpha value is -1.55. The standard InChI is InChI=1S/C15H19ClN2O2/c1-10-3-4-13(14(16)7-10)15(20)18-6-5-12(9-18)8-17-11(2)19/h3-4,7,12H,5-6,8-9H2,1-2H3,(H,17,19). The van der Waals surface area contributed by atoms with Crippen LogP contribution in [-0.4, -0.2) is 36.3 Å². The molecule has 1 atom stereocenters. The molecular formula is C15H19ClN2O2. The number of nitrogens with zero attached hydrogens (tertiary/aromatic N) is 1. The lowest BCUT2D eigenvalue weighted by atomic mass is 10.1. The first kappa shape index (κ1) is 14.9. The van der Waals surface area contributed by atoms with Crippen LogP contribution in [0.2, 0.25) is 5.02 Å². The molecule has 4 nitrogen and oxygen atoms in total. The molecule has 0 radical (unpaired) electrons. The second kappa shape index (κ2) is 6.27. The molecular weight excluding hydrogens is 276 g/mol. The Morgan fingerprint density at radius 2 is 2.20 bits per heavy atom. The van der Waals surface area contributed by atoms with Crippen LogP contribution in [0.15, 0.2) is 18.2 Å². The summed E-state index contributed by atoms with van der Waals surface area (Å²) in [5.74, 6) is 0.267. The van der Waals surface area contributed by atoms with Crippen molar-refractivity contribution in [3.8, 4) is 0 Å². The van der Waals surface area contributed by atoms with Gasteiger partial charge in [-0.1, -0.05) is 17.7 Å². The summed E-state index contributed by atoms with van der Waals surface area (Å²) in [7, 11) is 0. The zero-order valence-electron chi connectivity index (χ0n) is 11.8. The minimum Gasteiger partial charge on any atom is -0.356 e. The molecule has 0 saturated carbocycles. The summed E-state index contributed by atoms with van der Waals surface area (Å²) in [6.45, 7) is 5.46. The molecule has 0 spiro atoms. The van der Waals surface area contributed by atoms with Crippen molar-refractivity contribution in [1.82, 2.24) is 10.2 Å². The van der Waals surface area contributed by atoms with Crippen LogP contribution in [0.25, 0.3) is 0 Å². The maximum atomic E-state index is 12.4. The van der Waals surface area contributed by atoms with Gasteiger partial charge in [-0.25, -0.2) is 0 Å². The quantitative estimate of drug-likeness (QED) is 0.929. The summed E-state index contributed by atoms with van der Waals surface area (Å²) in [6, 6.07) is 5.48. The third-order valence-corrected chi connectivity index (χ3v) is 3.88. The van der Waals surface area contributed by atoms with Gasteiger partial charge in [0.25, 0.3) is 5.91 Å². The molecule has 108 valence electrons. The Kier molecular flexibility index (Phi) is 4.65. The van der Waals surface area contributed by atoms with E-state index in [1.54, 1.807) is 12.1 Å². The lowest BCUT2D eigenvalue weighted by Gasteiger charge is -2.17. The second-order valence-electron chi connectivity index (χ2n) is 5.33. The summed E-state index contributed by atoms with van der Waals surface area (Å²) in [5, 5.41) is 3.30. The fourth-order valence-corrected chi connectivity index (χ4v) is 2.75. The van der Waals surface area contributed by atoms with Gasteiger partial charge in [-0.2, -0.15) is 0 Å². The Bertz CT molecular complexity index is 531. The summed E-state index contributed by atoms with van der Waals surface area (Å²) in [4.78, 5) is 25.1. The number of amides is 2. The van der Waals surface area contributed by atoms with E-state index < -0.39 is 0 Å². The number of nitrogens with one attached hydrogen (secondary N) is 1. The molecule has 20 heavy (non-hydrogen) atoms. The summed E-state index contributed by atoms with van der Waals surface area (Å²) in [6.07, 6.45) is 0.912. The minimum absolute atomic E-state index is 0.0275. The first-order chi connectivity index (χ1) is 9.47. The van der Waals surface area contributed by atoms with E-state index in [1.165, 1.54) is 6.92 Å². The number of hydrogen-bond donors (Lipinski definition) is 1. The zero-order chi connectivity index (χ0) is 14.7. The van der Waals surface area contributed by atoms with E-state index in [9.17, 15) is 9.59 Å². The van der Waals surface area contributed by atoms with Gasteiger partial charge >= 0.3 is 0 Å². The molecule has 1 aromatic rings. The summed E-state index contributed by atoms with van der Waals surface area (Å²) in [5.41, 5.74) is 1.59. The molecule has 2 rings (SSSR count). The topological polar surface area (TPSA) is 49.4 Å². The van der Waals surface area contributed by atoms with Crippen molar-refractivity contribution in [1.29, 1.82) is 0 Å². The molecule has 2 amide bonds. The van der Waals surface area contributed by atoms with Gasteiger partial charge in [0.15, 0.2) is 0 Å². The lowest BCUT2D eigenvalue weighted by molar-refractivity contribution is -0.119. The highest BCUT2D eigenvalue weighted by Gasteiger charge is 2.27. The second-order valence-corrected chi connectivity index (χ2v) is 5.73. The molecule has 1 unspecified atom stereocenters. The number of benzene rings is 1. The van der Waals surface area contributed by atoms with Crippen molar-refractivity contribution < 1.29 is 9.59 Å². The first-order valence-electron chi connectivity index (χ1n) is 6.77. The Morgan fingerprint density at radius 3 is 2.85 bits per heavy atom. The predicted octanol–water partition coefficient (Wildman–Crippen LogP) is 2.25. The third-order valence-electron chi connectivity index (χ3n) is 3.57. The van der Waals surface area contributed by atoms with Gasteiger partial charge in [0.1, 0.15) is 0 Å². The molecule has 1 N–H and O–H groups in total. The predicted molar refractivity (Wildman–Crippen MR) is 78.9 cm³/mol. The number of carbonyl (C=O) groups is 2. The summed E-state index contributed by atoms with van der Waals surface area (Å²) < 4.78 is 0. The molecule has 1 aliphatic rings. The minimum atomic E-state index is -0.0312. The monoisotopic (exact) mass is 294 g/mol. The first-order valence-corrected chi connectivity index (χ1v) is 7.15. The molecule has 0 aliphatic carbocycles. The van der Waals surface area contributed by atoms with Crippen LogP contribution in [0.1, 0.15) is 29.3 Å². The summed E-state index contributed by atoms with van der Waals surface area (Å²) >= 11 is 6.14. The van der Waals surface area contributed by atoms with Gasteiger partial charge < -0.3 is 10.2 Å². The van der Waals surface area contributed by atoms with Crippen LogP contribution in [0.4, 0.5) is 0 Å². The highest BCUT2D eigenvalue weighted by atomic mass is 35.5. The fourth-order valence-electron chi connectivity index (χ4n) is 2.44. The molecule has 5 heteroatoms. The molecule has 1 fully saturated rings. The largest absolute Gasteiger partial charge is 0.356 e. The van der Waals surface area contributed by atoms with Crippen molar-refractivity contribution in [3.63, 3.8) is 0 Å². The number of rotatable bonds is 3. The molecule has 1 aliphatic heterocycles. The van der Waals surface area contributed by atoms with Gasteiger partial charge in [0.05, 0.1) is 10.6 Å². The number of halogens is 1. The molecule has 0 aromatic heterocycles. The smallest absolute Gasteiger partial charge is 0.255 e. The van der Waals surface area contributed by atoms with Crippen molar-refractivity contribution in [2.75, 3.05) is 19.6 Å². The average molecular weight is 295 g/mol. The Labute approximate surface area is 124 Å². The van der Waals surface area contributed by atoms with E-state index in [2.05, 4.69) is 5.32 Å². The zero-order valence-corrected chi connectivity index (χ0v) is 12.5. The van der Waals surface area contributed by atoms with Crippen molar-refractivity contribution in [2.45, 2.75) is 20.3 Å². The van der Waals surface area contributed by atoms with Crippen LogP contribution < -0.4 is 5.32 Å². The number of aryl methyl sites for hydroxylation is 1. The van der Waals surface area contributed by atoms with Gasteiger partial charge in [0, 0.05) is 26.6 Å². The molecule has 1 saturated heterocycles. The maximum absolute atomic E-state index is 12.4. The van der Waals surface area contributed by atoms with Gasteiger partial charge in [0.2, 0.25) is 5.91 Å². The van der Waals surface area contributed by atoms with E-state index in [0.717, 1.165) is 12.0 Å². The SMILES string of the molecule is CC(=O)NCC1CCN(C(=O)c2ccc(C)cc2Cl)C1. The fraction of sp³-hybridized carbons (Fsp3) is 0.467. The molecule has 1 heterocycles. The lowest BCUT2D eigenvalue weighted by Crippen LogP contribution is -2.32. The van der Waals surface area contributed by atoms with Gasteiger partial charge in [-0.3, -0.25) is 9.59 Å². The number of carbonyl (C=O) groups excluding carboxylic acids is 2. The maximum Gasteiger partial charge on any atom is 0.255 e. The van der Waals surface area contributed by atoms with Crippen LogP contribution in [0.5, 0.6) is 0 Å².